The van der Waals surface area contributed by atoms with Crippen LogP contribution in [0.4, 0.5) is 0 Å². The number of piperidine rings is 1. The number of methoxy groups -OCH3 is 2. The normalized spacial score (nSPS) is 27.2. The lowest BCUT2D eigenvalue weighted by Gasteiger charge is -2.47. The van der Waals surface area contributed by atoms with Gasteiger partial charge in [-0.3, -0.25) is 4.79 Å². The lowest BCUT2D eigenvalue weighted by atomic mass is 9.72. The Hall–Kier alpha value is -2.55. The van der Waals surface area contributed by atoms with Crippen LogP contribution in [0.3, 0.4) is 0 Å². The van der Waals surface area contributed by atoms with Crippen molar-refractivity contribution in [1.29, 1.82) is 0 Å². The summed E-state index contributed by atoms with van der Waals surface area (Å²) in [6.07, 6.45) is 6.90. The van der Waals surface area contributed by atoms with E-state index in [1.54, 1.807) is 24.3 Å². The van der Waals surface area contributed by atoms with Gasteiger partial charge in [-0.15, -0.1) is 4.40 Å². The molecule has 1 saturated carbocycles. The van der Waals surface area contributed by atoms with Crippen molar-refractivity contribution in [2.75, 3.05) is 27.8 Å². The number of amides is 1. The van der Waals surface area contributed by atoms with E-state index >= 15 is 0 Å². The van der Waals surface area contributed by atoms with E-state index in [-0.39, 0.29) is 23.4 Å². The summed E-state index contributed by atoms with van der Waals surface area (Å²) in [5.41, 5.74) is 0.870. The molecule has 1 aliphatic carbocycles. The van der Waals surface area contributed by atoms with Gasteiger partial charge in [-0.2, -0.15) is 8.42 Å². The molecule has 9 heteroatoms. The first-order valence-electron chi connectivity index (χ1n) is 11.1. The van der Waals surface area contributed by atoms with Crippen LogP contribution in [-0.2, 0) is 15.0 Å². The molecule has 0 unspecified atom stereocenters. The molecule has 32 heavy (non-hydrogen) atoms. The molecule has 0 spiro atoms. The van der Waals surface area contributed by atoms with Crippen molar-refractivity contribution in [3.63, 3.8) is 0 Å². The number of ether oxygens (including phenoxy) is 2. The SMILES string of the molecule is COc1ccc(C2=NS(=O)(=O)N(C)C(C(=O)N3CC[C@@H](C)[C@H]4CCCC[C@@H]43)=C2)cc1OC. The highest BCUT2D eigenvalue weighted by Gasteiger charge is 2.42. The topological polar surface area (TPSA) is 88.5 Å². The fraction of sp³-hybridized carbons (Fsp3) is 0.565. The molecule has 3 aliphatic rings. The number of hydrogen-bond donors (Lipinski definition) is 0. The Labute approximate surface area is 190 Å². The fourth-order valence-corrected chi connectivity index (χ4v) is 6.11. The molecule has 0 radical (unpaired) electrons. The maximum absolute atomic E-state index is 13.7. The third kappa shape index (κ3) is 3.98. The van der Waals surface area contributed by atoms with E-state index in [0.717, 1.165) is 30.0 Å². The standard InChI is InChI=1S/C23H31N3O5S/c1-15-11-12-26(19-8-6-5-7-17(15)19)23(27)20-14-18(24-32(28,29)25(20)2)16-9-10-21(30-3)22(13-16)31-4/h9-10,13-15,17,19H,5-8,11-12H2,1-4H3/t15-,17-,19+/m1/s1. The van der Waals surface area contributed by atoms with Crippen LogP contribution in [0.2, 0.25) is 0 Å². The van der Waals surface area contributed by atoms with Crippen molar-refractivity contribution < 1.29 is 22.7 Å². The minimum absolute atomic E-state index is 0.128. The van der Waals surface area contributed by atoms with Crippen LogP contribution in [0, 0.1) is 11.8 Å². The van der Waals surface area contributed by atoms with Crippen LogP contribution in [-0.4, -0.2) is 63.1 Å². The first kappa shape index (κ1) is 22.6. The van der Waals surface area contributed by atoms with Gasteiger partial charge in [0.2, 0.25) is 0 Å². The predicted molar refractivity (Wildman–Crippen MR) is 122 cm³/mol. The first-order valence-corrected chi connectivity index (χ1v) is 12.5. The molecule has 0 N–H and O–H groups in total. The molecule has 1 saturated heterocycles. The molecule has 0 bridgehead atoms. The molecular weight excluding hydrogens is 430 g/mol. The summed E-state index contributed by atoms with van der Waals surface area (Å²) in [6, 6.07) is 5.23. The summed E-state index contributed by atoms with van der Waals surface area (Å²) in [6.45, 7) is 2.91. The number of benzene rings is 1. The molecule has 1 amide bonds. The Morgan fingerprint density at radius 1 is 1.09 bits per heavy atom. The molecular formula is C23H31N3O5S. The third-order valence-corrected chi connectivity index (χ3v) is 8.39. The van der Waals surface area contributed by atoms with Gasteiger partial charge in [-0.05, 0) is 55.4 Å². The lowest BCUT2D eigenvalue weighted by Crippen LogP contribution is -2.54. The molecule has 1 aromatic rings. The van der Waals surface area contributed by atoms with Crippen molar-refractivity contribution >= 4 is 21.8 Å². The van der Waals surface area contributed by atoms with Gasteiger partial charge in [0.25, 0.3) is 5.91 Å². The molecule has 3 atom stereocenters. The average molecular weight is 462 g/mol. The summed E-state index contributed by atoms with van der Waals surface area (Å²) in [5.74, 6) is 1.80. The Morgan fingerprint density at radius 2 is 1.81 bits per heavy atom. The minimum Gasteiger partial charge on any atom is -0.493 e. The maximum Gasteiger partial charge on any atom is 0.345 e. The summed E-state index contributed by atoms with van der Waals surface area (Å²) in [5, 5.41) is 0. The van der Waals surface area contributed by atoms with Gasteiger partial charge < -0.3 is 14.4 Å². The van der Waals surface area contributed by atoms with Gasteiger partial charge in [0.05, 0.1) is 19.9 Å². The first-order chi connectivity index (χ1) is 15.3. The molecule has 174 valence electrons. The van der Waals surface area contributed by atoms with Crippen LogP contribution < -0.4 is 9.47 Å². The highest BCUT2D eigenvalue weighted by atomic mass is 32.2. The Morgan fingerprint density at radius 3 is 2.53 bits per heavy atom. The highest BCUT2D eigenvalue weighted by molar-refractivity contribution is 7.88. The second-order valence-electron chi connectivity index (χ2n) is 8.80. The van der Waals surface area contributed by atoms with E-state index in [1.165, 1.54) is 27.7 Å². The quantitative estimate of drug-likeness (QED) is 0.688. The number of carbonyl (C=O) groups excluding carboxylic acids is 1. The molecule has 2 heterocycles. The summed E-state index contributed by atoms with van der Waals surface area (Å²) in [4.78, 5) is 15.6. The molecule has 0 aromatic heterocycles. The summed E-state index contributed by atoms with van der Waals surface area (Å²) < 4.78 is 41.2. The molecule has 2 fully saturated rings. The minimum atomic E-state index is -4.03. The number of carbonyl (C=O) groups is 1. The van der Waals surface area contributed by atoms with E-state index in [4.69, 9.17) is 9.47 Å². The zero-order valence-electron chi connectivity index (χ0n) is 19.1. The van der Waals surface area contributed by atoms with Gasteiger partial charge >= 0.3 is 10.2 Å². The van der Waals surface area contributed by atoms with Gasteiger partial charge in [-0.1, -0.05) is 19.8 Å². The summed E-state index contributed by atoms with van der Waals surface area (Å²) in [7, 11) is 0.397. The van der Waals surface area contributed by atoms with Crippen LogP contribution in [0.5, 0.6) is 11.5 Å². The van der Waals surface area contributed by atoms with E-state index < -0.39 is 10.2 Å². The lowest BCUT2D eigenvalue weighted by molar-refractivity contribution is -0.135. The van der Waals surface area contributed by atoms with Gasteiger partial charge in [-0.25, -0.2) is 4.31 Å². The Bertz CT molecular complexity index is 1070. The second-order valence-corrected chi connectivity index (χ2v) is 10.4. The molecule has 1 aromatic carbocycles. The highest BCUT2D eigenvalue weighted by Crippen LogP contribution is 2.40. The van der Waals surface area contributed by atoms with Crippen molar-refractivity contribution in [1.82, 2.24) is 9.21 Å². The van der Waals surface area contributed by atoms with Gasteiger partial charge in [0.1, 0.15) is 5.70 Å². The van der Waals surface area contributed by atoms with Gasteiger partial charge in [0, 0.05) is 25.2 Å². The second kappa shape index (κ2) is 8.77. The largest absolute Gasteiger partial charge is 0.493 e. The number of likely N-dealkylation sites (N-methyl/N-ethyl adjacent to an activating group) is 1. The van der Waals surface area contributed by atoms with Crippen LogP contribution in [0.1, 0.15) is 44.6 Å². The van der Waals surface area contributed by atoms with Gasteiger partial charge in [0.15, 0.2) is 11.5 Å². The van der Waals surface area contributed by atoms with Crippen LogP contribution in [0.25, 0.3) is 0 Å². The van der Waals surface area contributed by atoms with Crippen molar-refractivity contribution in [3.8, 4) is 11.5 Å². The van der Waals surface area contributed by atoms with E-state index in [1.807, 2.05) is 4.90 Å². The zero-order valence-corrected chi connectivity index (χ0v) is 19.9. The Balaban J connectivity index is 1.71. The zero-order chi connectivity index (χ0) is 23.0. The average Bonchev–Trinajstić information content (AvgIpc) is 2.80. The van der Waals surface area contributed by atoms with E-state index in [9.17, 15) is 13.2 Å². The number of allylic oxidation sites excluding steroid dienone is 1. The summed E-state index contributed by atoms with van der Waals surface area (Å²) >= 11 is 0. The Kier molecular flexibility index (Phi) is 6.20. The van der Waals surface area contributed by atoms with Crippen molar-refractivity contribution in [2.24, 2.45) is 16.2 Å². The molecule has 2 aliphatic heterocycles. The predicted octanol–water partition coefficient (Wildman–Crippen LogP) is 2.99. The third-order valence-electron chi connectivity index (χ3n) is 7.07. The van der Waals surface area contributed by atoms with E-state index in [2.05, 4.69) is 11.3 Å². The van der Waals surface area contributed by atoms with E-state index in [0.29, 0.717) is 35.4 Å². The van der Waals surface area contributed by atoms with Crippen molar-refractivity contribution in [2.45, 2.75) is 45.1 Å². The molecule has 4 rings (SSSR count). The number of nitrogens with zero attached hydrogens (tertiary/aromatic N) is 3. The monoisotopic (exact) mass is 461 g/mol. The maximum atomic E-state index is 13.7. The smallest absolute Gasteiger partial charge is 0.345 e. The number of likely N-dealkylation sites (tertiary alicyclic amines) is 1. The van der Waals surface area contributed by atoms with Crippen LogP contribution in [0.15, 0.2) is 34.4 Å². The van der Waals surface area contributed by atoms with Crippen LogP contribution >= 0.6 is 0 Å². The number of rotatable bonds is 4. The fourth-order valence-electron chi connectivity index (χ4n) is 5.20. The number of fused-ring (bicyclic) bond motifs is 1. The molecule has 8 nitrogen and oxygen atoms in total. The number of hydrogen-bond acceptors (Lipinski definition) is 5. The van der Waals surface area contributed by atoms with Crippen molar-refractivity contribution in [3.05, 3.63) is 35.5 Å².